The molecule has 4 aromatic rings. The molecule has 4 aliphatic rings. The Morgan fingerprint density at radius 1 is 0.620 bits per heavy atom. The van der Waals surface area contributed by atoms with Gasteiger partial charge in [0.25, 0.3) is 0 Å². The lowest BCUT2D eigenvalue weighted by Gasteiger charge is -2.22. The average molecular weight is 721 g/mol. The zero-order valence-corrected chi connectivity index (χ0v) is 29.6. The van der Waals surface area contributed by atoms with E-state index < -0.39 is 31.3 Å². The first-order chi connectivity index (χ1) is 23.9. The third kappa shape index (κ3) is 6.66. The van der Waals surface area contributed by atoms with Gasteiger partial charge in [-0.15, -0.1) is 0 Å². The van der Waals surface area contributed by atoms with Crippen molar-refractivity contribution in [3.63, 3.8) is 0 Å². The predicted molar refractivity (Wildman–Crippen MR) is 190 cm³/mol. The molecular formula is C38H42F2N4O4S2. The molecule has 6 atom stereocenters. The summed E-state index contributed by atoms with van der Waals surface area (Å²) in [5.74, 6) is 0.205. The van der Waals surface area contributed by atoms with Crippen LogP contribution in [0.15, 0.2) is 105 Å². The second kappa shape index (κ2) is 13.7. The molecule has 2 saturated heterocycles. The first kappa shape index (κ1) is 34.6. The Hall–Kier alpha value is -3.84. The van der Waals surface area contributed by atoms with E-state index in [0.29, 0.717) is 35.9 Å². The lowest BCUT2D eigenvalue weighted by molar-refractivity contribution is 0.454. The number of halogens is 2. The first-order valence-electron chi connectivity index (χ1n) is 17.2. The van der Waals surface area contributed by atoms with E-state index in [4.69, 9.17) is 0 Å². The normalized spacial score (nSPS) is 25.6. The highest BCUT2D eigenvalue weighted by molar-refractivity contribution is 7.91. The summed E-state index contributed by atoms with van der Waals surface area (Å²) in [6.07, 6.45) is 2.98. The Bertz CT molecular complexity index is 2090. The second-order valence-electron chi connectivity index (χ2n) is 13.9. The Labute approximate surface area is 292 Å². The van der Waals surface area contributed by atoms with Crippen LogP contribution in [0, 0.1) is 17.6 Å². The Balaban J connectivity index is 0.000000157. The van der Waals surface area contributed by atoms with E-state index in [1.165, 1.54) is 48.5 Å². The molecule has 4 aromatic carbocycles. The quantitative estimate of drug-likeness (QED) is 0.177. The molecule has 2 unspecified atom stereocenters. The molecule has 2 fully saturated rings. The largest absolute Gasteiger partial charge is 0.381 e. The van der Waals surface area contributed by atoms with Crippen LogP contribution in [0.2, 0.25) is 0 Å². The minimum Gasteiger partial charge on any atom is -0.381 e. The molecule has 0 aliphatic carbocycles. The Morgan fingerprint density at radius 2 is 1.12 bits per heavy atom. The summed E-state index contributed by atoms with van der Waals surface area (Å²) in [4.78, 5) is 0.774. The van der Waals surface area contributed by atoms with Crippen LogP contribution in [0.5, 0.6) is 0 Å². The van der Waals surface area contributed by atoms with Gasteiger partial charge in [0.1, 0.15) is 11.6 Å². The monoisotopic (exact) mass is 720 g/mol. The van der Waals surface area contributed by atoms with Crippen LogP contribution in [-0.2, 0) is 19.7 Å². The molecule has 4 heterocycles. The smallest absolute Gasteiger partial charge is 0.206 e. The average Bonchev–Trinajstić information content (AvgIpc) is 3.49. The summed E-state index contributed by atoms with van der Waals surface area (Å²) in [5, 5.41) is 14.0. The van der Waals surface area contributed by atoms with Crippen LogP contribution < -0.4 is 21.3 Å². The minimum atomic E-state index is -3.65. The molecule has 4 aliphatic heterocycles. The number of anilines is 2. The molecule has 4 N–H and O–H groups in total. The third-order valence-corrected chi connectivity index (χ3v) is 14.1. The van der Waals surface area contributed by atoms with Gasteiger partial charge in [-0.3, -0.25) is 0 Å². The lowest BCUT2D eigenvalue weighted by atomic mass is 9.87. The van der Waals surface area contributed by atoms with Gasteiger partial charge < -0.3 is 21.3 Å². The number of nitrogens with one attached hydrogen (secondary N) is 4. The number of hydrogen-bond acceptors (Lipinski definition) is 8. The fraction of sp³-hybridized carbons (Fsp3) is 0.368. The molecular weight excluding hydrogens is 679 g/mol. The fourth-order valence-electron chi connectivity index (χ4n) is 7.90. The highest BCUT2D eigenvalue weighted by atomic mass is 32.2. The summed E-state index contributed by atoms with van der Waals surface area (Å²) < 4.78 is 77.7. The predicted octanol–water partition coefficient (Wildman–Crippen LogP) is 6.47. The molecule has 0 aromatic heterocycles. The van der Waals surface area contributed by atoms with E-state index in [1.807, 2.05) is 12.1 Å². The first-order valence-corrected chi connectivity index (χ1v) is 20.1. The molecule has 8 rings (SSSR count). The van der Waals surface area contributed by atoms with Crippen molar-refractivity contribution in [1.29, 1.82) is 0 Å². The standard InChI is InChI=1S/2C19H21FN2O2S/c1-12-11-21-9-8-16-17-10-15(6-7-18(17)22-19(12)16)25(23,24)14-4-2-13(20)3-5-14;1-12-10-19-16(8-9-21-12)17-11-15(6-7-18(17)22-19)25(23,24)14-4-2-13(20)3-5-14/h2-7,10,12,16,19,21-22H,8-9,11H2,1H3;2-7,11-12,16,19,21-22H,8-10H2,1H3/t12?,16-,19-;12?,16-,19+/m11/s1. The summed E-state index contributed by atoms with van der Waals surface area (Å²) >= 11 is 0. The number of rotatable bonds is 4. The minimum absolute atomic E-state index is 0.118. The van der Waals surface area contributed by atoms with Gasteiger partial charge in [-0.25, -0.2) is 25.6 Å². The molecule has 50 heavy (non-hydrogen) atoms. The molecule has 0 amide bonds. The number of hydrogen-bond donors (Lipinski definition) is 4. The molecule has 0 spiro atoms. The van der Waals surface area contributed by atoms with E-state index in [9.17, 15) is 25.6 Å². The molecule has 0 saturated carbocycles. The van der Waals surface area contributed by atoms with Crippen molar-refractivity contribution in [3.8, 4) is 0 Å². The maximum Gasteiger partial charge on any atom is 0.206 e. The summed E-state index contributed by atoms with van der Waals surface area (Å²) in [7, 11) is -7.29. The number of benzene rings is 4. The SMILES string of the molecule is CC1CNCC[C@@H]2c3cc(S(=O)(=O)c4ccc(F)cc4)ccc3N[C@H]12.CC1C[C@@H]2Nc3ccc(S(=O)(=O)c4ccc(F)cc4)cc3[C@H]2CCN1. The Morgan fingerprint density at radius 3 is 1.70 bits per heavy atom. The molecule has 264 valence electrons. The van der Waals surface area contributed by atoms with Crippen LogP contribution in [0.1, 0.15) is 56.1 Å². The van der Waals surface area contributed by atoms with Crippen LogP contribution in [0.3, 0.4) is 0 Å². The molecule has 8 nitrogen and oxygen atoms in total. The maximum absolute atomic E-state index is 13.1. The van der Waals surface area contributed by atoms with Crippen LogP contribution in [0.25, 0.3) is 0 Å². The van der Waals surface area contributed by atoms with E-state index in [1.54, 1.807) is 24.3 Å². The highest BCUT2D eigenvalue weighted by Gasteiger charge is 2.38. The van der Waals surface area contributed by atoms with Crippen LogP contribution >= 0.6 is 0 Å². The zero-order valence-electron chi connectivity index (χ0n) is 28.0. The van der Waals surface area contributed by atoms with Crippen molar-refractivity contribution in [3.05, 3.63) is 108 Å². The van der Waals surface area contributed by atoms with E-state index >= 15 is 0 Å². The molecule has 0 radical (unpaired) electrons. The van der Waals surface area contributed by atoms with E-state index in [-0.39, 0.29) is 19.6 Å². The van der Waals surface area contributed by atoms with Crippen molar-refractivity contribution in [2.75, 3.05) is 30.3 Å². The van der Waals surface area contributed by atoms with E-state index in [0.717, 1.165) is 61.4 Å². The second-order valence-corrected chi connectivity index (χ2v) is 17.8. The van der Waals surface area contributed by atoms with Gasteiger partial charge >= 0.3 is 0 Å². The summed E-state index contributed by atoms with van der Waals surface area (Å²) in [6.45, 7) is 7.21. The van der Waals surface area contributed by atoms with Gasteiger partial charge in [-0.2, -0.15) is 0 Å². The van der Waals surface area contributed by atoms with Crippen molar-refractivity contribution < 1.29 is 25.6 Å². The van der Waals surface area contributed by atoms with Crippen molar-refractivity contribution in [2.24, 2.45) is 5.92 Å². The number of sulfone groups is 2. The van der Waals surface area contributed by atoms with E-state index in [2.05, 4.69) is 35.1 Å². The van der Waals surface area contributed by atoms with Crippen molar-refractivity contribution in [2.45, 2.75) is 82.7 Å². The molecule has 12 heteroatoms. The van der Waals surface area contributed by atoms with Crippen molar-refractivity contribution in [1.82, 2.24) is 10.6 Å². The Kier molecular flexibility index (Phi) is 9.48. The molecule has 0 bridgehead atoms. The highest BCUT2D eigenvalue weighted by Crippen LogP contribution is 2.44. The maximum atomic E-state index is 13.1. The van der Waals surface area contributed by atoms with Crippen molar-refractivity contribution >= 4 is 31.0 Å². The van der Waals surface area contributed by atoms with Gasteiger partial charge in [0.15, 0.2) is 0 Å². The summed E-state index contributed by atoms with van der Waals surface area (Å²) in [6, 6.07) is 21.7. The van der Waals surface area contributed by atoms with Crippen LogP contribution in [0.4, 0.5) is 20.2 Å². The van der Waals surface area contributed by atoms with Gasteiger partial charge in [0.2, 0.25) is 19.7 Å². The van der Waals surface area contributed by atoms with Gasteiger partial charge in [0, 0.05) is 41.3 Å². The van der Waals surface area contributed by atoms with Gasteiger partial charge in [-0.05, 0) is 148 Å². The number of fused-ring (bicyclic) bond motifs is 6. The summed E-state index contributed by atoms with van der Waals surface area (Å²) in [5.41, 5.74) is 4.21. The lowest BCUT2D eigenvalue weighted by Crippen LogP contribution is -2.31. The van der Waals surface area contributed by atoms with Gasteiger partial charge in [-0.1, -0.05) is 6.92 Å². The fourth-order valence-corrected chi connectivity index (χ4v) is 10.5. The van der Waals surface area contributed by atoms with Crippen LogP contribution in [-0.4, -0.2) is 54.6 Å². The van der Waals surface area contributed by atoms with Gasteiger partial charge in [0.05, 0.1) is 19.6 Å². The third-order valence-electron chi connectivity index (χ3n) is 10.6. The topological polar surface area (TPSA) is 116 Å². The zero-order chi connectivity index (χ0) is 35.2.